The van der Waals surface area contributed by atoms with E-state index in [0.29, 0.717) is 10.6 Å². The number of carboxylic acids is 1. The molecule has 0 radical (unpaired) electrons. The summed E-state index contributed by atoms with van der Waals surface area (Å²) < 4.78 is 0. The summed E-state index contributed by atoms with van der Waals surface area (Å²) in [6.07, 6.45) is 1.15. The predicted octanol–water partition coefficient (Wildman–Crippen LogP) is 3.73. The van der Waals surface area contributed by atoms with Crippen LogP contribution in [0.2, 0.25) is 10.0 Å². The quantitative estimate of drug-likeness (QED) is 0.387. The van der Waals surface area contributed by atoms with Crippen molar-refractivity contribution in [1.82, 2.24) is 0 Å². The molecule has 1 rings (SSSR count). The van der Waals surface area contributed by atoms with E-state index in [9.17, 15) is 4.79 Å². The van der Waals surface area contributed by atoms with Gasteiger partial charge < -0.3 is 5.11 Å². The predicted molar refractivity (Wildman–Crippen MR) is 61.2 cm³/mol. The molecule has 0 aliphatic carbocycles. The highest BCUT2D eigenvalue weighted by atomic mass is 35.5. The molecule has 16 heavy (non-hydrogen) atoms. The first-order valence-electron chi connectivity index (χ1n) is 4.00. The van der Waals surface area contributed by atoms with E-state index >= 15 is 0 Å². The molecule has 0 amide bonds. The van der Waals surface area contributed by atoms with E-state index in [-0.39, 0.29) is 5.02 Å². The number of hydrogen-bond acceptors (Lipinski definition) is 2. The van der Waals surface area contributed by atoms with E-state index in [0.717, 1.165) is 6.08 Å². The molecule has 0 saturated heterocycles. The number of nitrogens with zero attached hydrogens (tertiary/aromatic N) is 3. The molecule has 0 aliphatic rings. The van der Waals surface area contributed by atoms with Crippen molar-refractivity contribution in [3.8, 4) is 0 Å². The first-order valence-corrected chi connectivity index (χ1v) is 4.76. The van der Waals surface area contributed by atoms with Crippen LogP contribution in [0, 0.1) is 0 Å². The van der Waals surface area contributed by atoms with E-state index in [1.807, 2.05) is 0 Å². The topological polar surface area (TPSA) is 86.1 Å². The van der Waals surface area contributed by atoms with Crippen molar-refractivity contribution in [1.29, 1.82) is 0 Å². The summed E-state index contributed by atoms with van der Waals surface area (Å²) in [4.78, 5) is 13.1. The molecule has 0 unspecified atom stereocenters. The molecule has 1 aromatic rings. The van der Waals surface area contributed by atoms with Crippen LogP contribution in [0.25, 0.3) is 16.5 Å². The van der Waals surface area contributed by atoms with Crippen molar-refractivity contribution in [3.63, 3.8) is 0 Å². The Labute approximate surface area is 101 Å². The highest BCUT2D eigenvalue weighted by Crippen LogP contribution is 2.27. The largest absolute Gasteiger partial charge is 0.478 e. The molecule has 1 N–H and O–H groups in total. The van der Waals surface area contributed by atoms with Crippen molar-refractivity contribution in [2.75, 3.05) is 0 Å². The van der Waals surface area contributed by atoms with E-state index in [1.165, 1.54) is 0 Å². The maximum atomic E-state index is 10.7. The van der Waals surface area contributed by atoms with Crippen LogP contribution in [0.1, 0.15) is 5.56 Å². The third-order valence-corrected chi connectivity index (χ3v) is 2.48. The molecular weight excluding hydrogens is 253 g/mol. The van der Waals surface area contributed by atoms with Gasteiger partial charge in [-0.05, 0) is 23.2 Å². The highest BCUT2D eigenvalue weighted by molar-refractivity contribution is 6.42. The van der Waals surface area contributed by atoms with Gasteiger partial charge in [0, 0.05) is 4.91 Å². The van der Waals surface area contributed by atoms with Crippen LogP contribution >= 0.6 is 23.2 Å². The van der Waals surface area contributed by atoms with Gasteiger partial charge >= 0.3 is 5.97 Å². The van der Waals surface area contributed by atoms with E-state index < -0.39 is 11.7 Å². The zero-order valence-corrected chi connectivity index (χ0v) is 9.27. The third kappa shape index (κ3) is 2.90. The molecule has 0 atom stereocenters. The second-order valence-corrected chi connectivity index (χ2v) is 3.45. The van der Waals surface area contributed by atoms with Crippen molar-refractivity contribution >= 4 is 35.2 Å². The fourth-order valence-electron chi connectivity index (χ4n) is 0.961. The number of hydrogen-bond donors (Lipinski definition) is 1. The summed E-state index contributed by atoms with van der Waals surface area (Å²) in [6, 6.07) is 4.73. The van der Waals surface area contributed by atoms with Crippen molar-refractivity contribution in [2.45, 2.75) is 0 Å². The lowest BCUT2D eigenvalue weighted by Crippen LogP contribution is -1.96. The first kappa shape index (κ1) is 12.4. The van der Waals surface area contributed by atoms with Crippen LogP contribution in [0.15, 0.2) is 29.0 Å². The lowest BCUT2D eigenvalue weighted by Gasteiger charge is -2.00. The Balaban J connectivity index is 3.28. The Kier molecular flexibility index (Phi) is 4.19. The molecule has 0 heterocycles. The lowest BCUT2D eigenvalue weighted by atomic mass is 10.2. The minimum atomic E-state index is -1.34. The average Bonchev–Trinajstić information content (AvgIpc) is 2.23. The smallest absolute Gasteiger partial charge is 0.338 e. The minimum Gasteiger partial charge on any atom is -0.478 e. The molecule has 0 aromatic heterocycles. The standard InChI is InChI=1S/C9H5Cl2N3O2/c10-6-3-1-2-5(8(6)11)4-7(9(15)16)13-14-12/h1-4H,(H,15,16)/b7-4-. The SMILES string of the molecule is [N-]=[N+]=N/C(=C\c1cccc(Cl)c1Cl)C(=O)O. The molecule has 1 aromatic carbocycles. The van der Waals surface area contributed by atoms with Crippen LogP contribution in [0.5, 0.6) is 0 Å². The zero-order valence-electron chi connectivity index (χ0n) is 7.76. The summed E-state index contributed by atoms with van der Waals surface area (Å²) >= 11 is 11.6. The third-order valence-electron chi connectivity index (χ3n) is 1.65. The second-order valence-electron chi connectivity index (χ2n) is 2.67. The molecule has 0 bridgehead atoms. The molecule has 0 saturated carbocycles. The maximum Gasteiger partial charge on any atom is 0.338 e. The fraction of sp³-hybridized carbons (Fsp3) is 0. The highest BCUT2D eigenvalue weighted by Gasteiger charge is 2.07. The summed E-state index contributed by atoms with van der Waals surface area (Å²) in [6.45, 7) is 0. The monoisotopic (exact) mass is 257 g/mol. The normalized spacial score (nSPS) is 10.8. The summed E-state index contributed by atoms with van der Waals surface area (Å²) in [5.74, 6) is -1.34. The Morgan fingerprint density at radius 1 is 1.50 bits per heavy atom. The average molecular weight is 258 g/mol. The number of benzene rings is 1. The van der Waals surface area contributed by atoms with Gasteiger partial charge in [-0.15, -0.1) is 0 Å². The number of azide groups is 1. The number of halogens is 2. The molecular formula is C9H5Cl2N3O2. The number of carbonyl (C=O) groups is 1. The van der Waals surface area contributed by atoms with Gasteiger partial charge in [-0.25, -0.2) is 4.79 Å². The summed E-state index contributed by atoms with van der Waals surface area (Å²) in [5, 5.41) is 12.2. The fourth-order valence-corrected chi connectivity index (χ4v) is 1.32. The van der Waals surface area contributed by atoms with Crippen LogP contribution in [0.4, 0.5) is 0 Å². The van der Waals surface area contributed by atoms with Crippen LogP contribution in [-0.2, 0) is 4.79 Å². The van der Waals surface area contributed by atoms with Gasteiger partial charge in [0.2, 0.25) is 0 Å². The molecule has 7 heteroatoms. The Bertz CT molecular complexity index is 503. The van der Waals surface area contributed by atoms with E-state index in [2.05, 4.69) is 10.0 Å². The number of aliphatic carboxylic acids is 1. The second kappa shape index (κ2) is 5.42. The van der Waals surface area contributed by atoms with Crippen LogP contribution in [-0.4, -0.2) is 11.1 Å². The Morgan fingerprint density at radius 2 is 2.19 bits per heavy atom. The molecule has 0 spiro atoms. The molecule has 5 nitrogen and oxygen atoms in total. The van der Waals surface area contributed by atoms with Gasteiger partial charge in [-0.1, -0.05) is 40.4 Å². The number of carboxylic acid groups (broad SMARTS) is 1. The molecule has 0 fully saturated rings. The van der Waals surface area contributed by atoms with Crippen molar-refractivity contribution in [3.05, 3.63) is 49.9 Å². The van der Waals surface area contributed by atoms with Crippen LogP contribution < -0.4 is 0 Å². The van der Waals surface area contributed by atoms with Crippen LogP contribution in [0.3, 0.4) is 0 Å². The zero-order chi connectivity index (χ0) is 12.1. The van der Waals surface area contributed by atoms with Crippen molar-refractivity contribution in [2.24, 2.45) is 5.11 Å². The molecule has 0 aliphatic heterocycles. The summed E-state index contributed by atoms with van der Waals surface area (Å²) in [7, 11) is 0. The van der Waals surface area contributed by atoms with Gasteiger partial charge in [0.1, 0.15) is 5.70 Å². The van der Waals surface area contributed by atoms with Gasteiger partial charge in [-0.3, -0.25) is 0 Å². The maximum absolute atomic E-state index is 10.7. The minimum absolute atomic E-state index is 0.205. The summed E-state index contributed by atoms with van der Waals surface area (Å²) in [5.41, 5.74) is 8.10. The van der Waals surface area contributed by atoms with Gasteiger partial charge in [0.05, 0.1) is 10.0 Å². The Hall–Kier alpha value is -1.68. The van der Waals surface area contributed by atoms with Crippen molar-refractivity contribution < 1.29 is 9.90 Å². The van der Waals surface area contributed by atoms with E-state index in [1.54, 1.807) is 18.2 Å². The Morgan fingerprint density at radius 3 is 2.75 bits per heavy atom. The van der Waals surface area contributed by atoms with E-state index in [4.69, 9.17) is 33.8 Å². The molecule has 82 valence electrons. The first-order chi connectivity index (χ1) is 7.56. The van der Waals surface area contributed by atoms with Gasteiger partial charge in [-0.2, -0.15) is 0 Å². The number of rotatable bonds is 3. The lowest BCUT2D eigenvalue weighted by molar-refractivity contribution is -0.132. The van der Waals surface area contributed by atoms with Gasteiger partial charge in [0.15, 0.2) is 0 Å². The van der Waals surface area contributed by atoms with Gasteiger partial charge in [0.25, 0.3) is 0 Å².